The molecular weight excluding hydrogens is 360 g/mol. The number of anilines is 1. The molecule has 7 heteroatoms. The zero-order valence-electron chi connectivity index (χ0n) is 15.0. The Kier molecular flexibility index (Phi) is 6.26. The molecule has 1 N–H and O–H groups in total. The standard InChI is InChI=1S/C21H18N2O5/c22-13-18-21(16-9-4-5-10-17(16)28-18)23-19(24)14-27-20(25)11-6-12-26-15-7-2-1-3-8-15/h1-5,7-10H,6,11-12,14H2,(H,23,24). The largest absolute Gasteiger partial charge is 0.494 e. The van der Waals surface area contributed by atoms with Gasteiger partial charge in [0.25, 0.3) is 5.91 Å². The van der Waals surface area contributed by atoms with Gasteiger partial charge in [-0.25, -0.2) is 0 Å². The maximum absolute atomic E-state index is 12.1. The van der Waals surface area contributed by atoms with Gasteiger partial charge in [0.1, 0.15) is 23.1 Å². The second-order valence-electron chi connectivity index (χ2n) is 5.89. The van der Waals surface area contributed by atoms with E-state index in [9.17, 15) is 9.59 Å². The van der Waals surface area contributed by atoms with E-state index in [2.05, 4.69) is 5.32 Å². The van der Waals surface area contributed by atoms with Crippen LogP contribution in [-0.4, -0.2) is 25.1 Å². The van der Waals surface area contributed by atoms with Gasteiger partial charge in [0.2, 0.25) is 5.76 Å². The highest BCUT2D eigenvalue weighted by Gasteiger charge is 2.17. The van der Waals surface area contributed by atoms with E-state index >= 15 is 0 Å². The summed E-state index contributed by atoms with van der Waals surface area (Å²) in [6.07, 6.45) is 0.610. The summed E-state index contributed by atoms with van der Waals surface area (Å²) in [5.41, 5.74) is 0.764. The average Bonchev–Trinajstić information content (AvgIpc) is 3.08. The molecule has 1 amide bonds. The quantitative estimate of drug-likeness (QED) is 0.474. The second-order valence-corrected chi connectivity index (χ2v) is 5.89. The first-order chi connectivity index (χ1) is 13.7. The van der Waals surface area contributed by atoms with Gasteiger partial charge in [-0.2, -0.15) is 5.26 Å². The number of carbonyl (C=O) groups excluding carboxylic acids is 2. The van der Waals surface area contributed by atoms with Gasteiger partial charge in [0.15, 0.2) is 6.61 Å². The first-order valence-electron chi connectivity index (χ1n) is 8.72. The zero-order chi connectivity index (χ0) is 19.8. The number of nitrogens with one attached hydrogen (secondary N) is 1. The Labute approximate surface area is 161 Å². The number of nitriles is 1. The summed E-state index contributed by atoms with van der Waals surface area (Å²) in [4.78, 5) is 23.8. The molecule has 0 bridgehead atoms. The van der Waals surface area contributed by atoms with Crippen molar-refractivity contribution in [2.24, 2.45) is 0 Å². The van der Waals surface area contributed by atoms with E-state index in [0.717, 1.165) is 5.75 Å². The fourth-order valence-corrected chi connectivity index (χ4v) is 2.57. The van der Waals surface area contributed by atoms with Crippen LogP contribution in [-0.2, 0) is 14.3 Å². The van der Waals surface area contributed by atoms with Crippen molar-refractivity contribution in [2.45, 2.75) is 12.8 Å². The third kappa shape index (κ3) is 4.89. The summed E-state index contributed by atoms with van der Waals surface area (Å²) in [5, 5.41) is 12.3. The summed E-state index contributed by atoms with van der Waals surface area (Å²) in [5.74, 6) is -0.309. The number of hydrogen-bond donors (Lipinski definition) is 1. The number of esters is 1. The SMILES string of the molecule is N#Cc1oc2ccccc2c1NC(=O)COC(=O)CCCOc1ccccc1. The van der Waals surface area contributed by atoms with Gasteiger partial charge in [0.05, 0.1) is 6.61 Å². The second kappa shape index (κ2) is 9.24. The molecule has 2 aromatic carbocycles. The molecule has 3 rings (SSSR count). The van der Waals surface area contributed by atoms with Gasteiger partial charge in [-0.05, 0) is 30.7 Å². The van der Waals surface area contributed by atoms with Gasteiger partial charge in [-0.3, -0.25) is 9.59 Å². The number of ether oxygens (including phenoxy) is 2. The van der Waals surface area contributed by atoms with E-state index in [1.165, 1.54) is 0 Å². The minimum atomic E-state index is -0.545. The molecule has 28 heavy (non-hydrogen) atoms. The smallest absolute Gasteiger partial charge is 0.306 e. The zero-order valence-corrected chi connectivity index (χ0v) is 15.0. The third-order valence-corrected chi connectivity index (χ3v) is 3.86. The number of benzene rings is 2. The van der Waals surface area contributed by atoms with Gasteiger partial charge in [-0.15, -0.1) is 0 Å². The van der Waals surface area contributed by atoms with Gasteiger partial charge in [-0.1, -0.05) is 30.3 Å². The highest BCUT2D eigenvalue weighted by Crippen LogP contribution is 2.30. The van der Waals surface area contributed by atoms with Crippen molar-refractivity contribution in [1.82, 2.24) is 0 Å². The molecule has 0 aliphatic rings. The monoisotopic (exact) mass is 378 g/mol. The number of hydrogen-bond acceptors (Lipinski definition) is 6. The molecule has 142 valence electrons. The Morgan fingerprint density at radius 2 is 1.82 bits per heavy atom. The lowest BCUT2D eigenvalue weighted by Crippen LogP contribution is -2.21. The van der Waals surface area contributed by atoms with Crippen LogP contribution >= 0.6 is 0 Å². The molecule has 0 atom stereocenters. The van der Waals surface area contributed by atoms with Gasteiger partial charge in [0, 0.05) is 11.8 Å². The van der Waals surface area contributed by atoms with Crippen LogP contribution < -0.4 is 10.1 Å². The number of para-hydroxylation sites is 2. The van der Waals surface area contributed by atoms with Crippen LogP contribution in [0.1, 0.15) is 18.6 Å². The van der Waals surface area contributed by atoms with E-state index in [-0.39, 0.29) is 17.9 Å². The molecule has 7 nitrogen and oxygen atoms in total. The fourth-order valence-electron chi connectivity index (χ4n) is 2.57. The van der Waals surface area contributed by atoms with Crippen LogP contribution in [0.25, 0.3) is 11.0 Å². The Balaban J connectivity index is 1.43. The van der Waals surface area contributed by atoms with Crippen molar-refractivity contribution in [3.8, 4) is 11.8 Å². The molecule has 0 aliphatic heterocycles. The predicted octanol–water partition coefficient (Wildman–Crippen LogP) is 3.65. The molecule has 0 unspecified atom stereocenters. The molecule has 0 saturated carbocycles. The van der Waals surface area contributed by atoms with Crippen molar-refractivity contribution < 1.29 is 23.5 Å². The Morgan fingerprint density at radius 1 is 1.07 bits per heavy atom. The summed E-state index contributed by atoms with van der Waals surface area (Å²) >= 11 is 0. The number of furan rings is 1. The number of amides is 1. The molecule has 0 spiro atoms. The maximum atomic E-state index is 12.1. The van der Waals surface area contributed by atoms with Crippen molar-refractivity contribution in [2.75, 3.05) is 18.5 Å². The van der Waals surface area contributed by atoms with Gasteiger partial charge < -0.3 is 19.2 Å². The molecule has 1 aromatic heterocycles. The maximum Gasteiger partial charge on any atom is 0.306 e. The first-order valence-corrected chi connectivity index (χ1v) is 8.72. The number of rotatable bonds is 8. The van der Waals surface area contributed by atoms with E-state index in [1.807, 2.05) is 36.4 Å². The summed E-state index contributed by atoms with van der Waals surface area (Å²) in [6.45, 7) is -0.0688. The minimum Gasteiger partial charge on any atom is -0.494 e. The van der Waals surface area contributed by atoms with Crippen LogP contribution in [0.3, 0.4) is 0 Å². The highest BCUT2D eigenvalue weighted by molar-refractivity contribution is 6.03. The lowest BCUT2D eigenvalue weighted by atomic mass is 10.2. The van der Waals surface area contributed by atoms with E-state index in [4.69, 9.17) is 19.2 Å². The van der Waals surface area contributed by atoms with E-state index in [1.54, 1.807) is 24.3 Å². The molecule has 3 aromatic rings. The minimum absolute atomic E-state index is 0.000984. The van der Waals surface area contributed by atoms with E-state index in [0.29, 0.717) is 24.0 Å². The summed E-state index contributed by atoms with van der Waals surface area (Å²) in [7, 11) is 0. The Hall–Kier alpha value is -3.79. The predicted molar refractivity (Wildman–Crippen MR) is 102 cm³/mol. The summed E-state index contributed by atoms with van der Waals surface area (Å²) in [6, 6.07) is 18.1. The molecular formula is C21H18N2O5. The van der Waals surface area contributed by atoms with Gasteiger partial charge >= 0.3 is 5.97 Å². The van der Waals surface area contributed by atoms with Crippen molar-refractivity contribution >= 4 is 28.5 Å². The molecule has 0 radical (unpaired) electrons. The Morgan fingerprint density at radius 3 is 2.61 bits per heavy atom. The number of fused-ring (bicyclic) bond motifs is 1. The average molecular weight is 378 g/mol. The van der Waals surface area contributed by atoms with Crippen LogP contribution in [0.15, 0.2) is 59.0 Å². The molecule has 0 aliphatic carbocycles. The highest BCUT2D eigenvalue weighted by atomic mass is 16.5. The molecule has 1 heterocycles. The molecule has 0 saturated heterocycles. The summed E-state index contributed by atoms with van der Waals surface area (Å²) < 4.78 is 15.8. The van der Waals surface area contributed by atoms with Crippen LogP contribution in [0.5, 0.6) is 5.75 Å². The first kappa shape index (κ1) is 19.0. The normalized spacial score (nSPS) is 10.2. The van der Waals surface area contributed by atoms with Crippen molar-refractivity contribution in [3.05, 3.63) is 60.4 Å². The van der Waals surface area contributed by atoms with Crippen LogP contribution in [0, 0.1) is 11.3 Å². The lowest BCUT2D eigenvalue weighted by molar-refractivity contribution is -0.147. The fraction of sp³-hybridized carbons (Fsp3) is 0.190. The van der Waals surface area contributed by atoms with Crippen molar-refractivity contribution in [1.29, 1.82) is 5.26 Å². The number of carbonyl (C=O) groups is 2. The van der Waals surface area contributed by atoms with Crippen LogP contribution in [0.2, 0.25) is 0 Å². The topological polar surface area (TPSA) is 102 Å². The van der Waals surface area contributed by atoms with Crippen LogP contribution in [0.4, 0.5) is 5.69 Å². The third-order valence-electron chi connectivity index (χ3n) is 3.86. The Bertz CT molecular complexity index is 1000. The van der Waals surface area contributed by atoms with Crippen molar-refractivity contribution in [3.63, 3.8) is 0 Å². The molecule has 0 fully saturated rings. The number of nitrogens with zero attached hydrogens (tertiary/aromatic N) is 1. The lowest BCUT2D eigenvalue weighted by Gasteiger charge is -2.07. The van der Waals surface area contributed by atoms with E-state index < -0.39 is 18.5 Å².